The van der Waals surface area contributed by atoms with Gasteiger partial charge in [0, 0.05) is 17.0 Å². The van der Waals surface area contributed by atoms with E-state index < -0.39 is 0 Å². The molecule has 5 heteroatoms. The smallest absolute Gasteiger partial charge is 0.170 e. The van der Waals surface area contributed by atoms with Gasteiger partial charge in [0.05, 0.1) is 23.1 Å². The second kappa shape index (κ2) is 5.04. The Labute approximate surface area is 145 Å². The van der Waals surface area contributed by atoms with E-state index in [-0.39, 0.29) is 0 Å². The molecule has 0 saturated heterocycles. The lowest BCUT2D eigenvalue weighted by molar-refractivity contribution is 0.389. The SMILES string of the molecule is Cc1ccc2c(c1)n1c(CN(C)C)nnc1c1cccc3ccn2c31. The maximum absolute atomic E-state index is 4.57. The van der Waals surface area contributed by atoms with Crippen LogP contribution in [0.3, 0.4) is 0 Å². The highest BCUT2D eigenvalue weighted by Gasteiger charge is 2.15. The van der Waals surface area contributed by atoms with Gasteiger partial charge < -0.3 is 9.30 Å². The zero-order chi connectivity index (χ0) is 17.1. The Bertz CT molecular complexity index is 1260. The predicted molar refractivity (Wildman–Crippen MR) is 101 cm³/mol. The van der Waals surface area contributed by atoms with E-state index in [1.807, 2.05) is 0 Å². The van der Waals surface area contributed by atoms with Crippen molar-refractivity contribution in [3.05, 3.63) is 60.0 Å². The van der Waals surface area contributed by atoms with Crippen molar-refractivity contribution in [1.82, 2.24) is 23.9 Å². The number of hydrogen-bond donors (Lipinski definition) is 0. The van der Waals surface area contributed by atoms with Gasteiger partial charge in [0.1, 0.15) is 0 Å². The van der Waals surface area contributed by atoms with Crippen molar-refractivity contribution in [2.75, 3.05) is 14.1 Å². The third-order valence-electron chi connectivity index (χ3n) is 4.77. The van der Waals surface area contributed by atoms with Gasteiger partial charge in [0.2, 0.25) is 0 Å². The highest BCUT2D eigenvalue weighted by Crippen LogP contribution is 2.29. The first kappa shape index (κ1) is 14.4. The first-order chi connectivity index (χ1) is 12.1. The van der Waals surface area contributed by atoms with E-state index in [4.69, 9.17) is 0 Å². The minimum Gasteiger partial charge on any atom is -0.314 e. The Hall–Kier alpha value is -2.92. The summed E-state index contributed by atoms with van der Waals surface area (Å²) in [6, 6.07) is 15.1. The summed E-state index contributed by atoms with van der Waals surface area (Å²) in [6.07, 6.45) is 2.15. The van der Waals surface area contributed by atoms with E-state index in [9.17, 15) is 0 Å². The fraction of sp³-hybridized carbons (Fsp3) is 0.200. The van der Waals surface area contributed by atoms with Crippen molar-refractivity contribution in [1.29, 1.82) is 0 Å². The minimum absolute atomic E-state index is 0.741. The largest absolute Gasteiger partial charge is 0.314 e. The fourth-order valence-corrected chi connectivity index (χ4v) is 3.72. The summed E-state index contributed by atoms with van der Waals surface area (Å²) < 4.78 is 4.48. The molecule has 0 fully saturated rings. The molecule has 0 radical (unpaired) electrons. The number of aromatic nitrogens is 4. The number of rotatable bonds is 2. The summed E-state index contributed by atoms with van der Waals surface area (Å²) in [5.74, 6) is 0.953. The summed E-state index contributed by atoms with van der Waals surface area (Å²) in [5.41, 5.74) is 5.61. The lowest BCUT2D eigenvalue weighted by atomic mass is 10.2. The molecule has 124 valence electrons. The van der Waals surface area contributed by atoms with Crippen LogP contribution in [0.4, 0.5) is 0 Å². The molecule has 5 nitrogen and oxygen atoms in total. The first-order valence-electron chi connectivity index (χ1n) is 8.44. The number of benzene rings is 2. The summed E-state index contributed by atoms with van der Waals surface area (Å²) >= 11 is 0. The number of fused-ring (bicyclic) bond motifs is 5. The van der Waals surface area contributed by atoms with Gasteiger partial charge >= 0.3 is 0 Å². The average Bonchev–Trinajstić information content (AvgIpc) is 3.15. The molecule has 25 heavy (non-hydrogen) atoms. The molecule has 0 N–H and O–H groups in total. The summed E-state index contributed by atoms with van der Waals surface area (Å²) in [7, 11) is 4.11. The molecular weight excluding hydrogens is 310 g/mol. The summed E-state index contributed by atoms with van der Waals surface area (Å²) in [4.78, 5) is 2.12. The first-order valence-corrected chi connectivity index (χ1v) is 8.44. The van der Waals surface area contributed by atoms with Crippen molar-refractivity contribution in [3.63, 3.8) is 0 Å². The fourth-order valence-electron chi connectivity index (χ4n) is 3.72. The molecule has 0 aliphatic carbocycles. The number of aryl methyl sites for hydroxylation is 1. The molecule has 3 aromatic heterocycles. The quantitative estimate of drug-likeness (QED) is 0.496. The topological polar surface area (TPSA) is 37.8 Å². The van der Waals surface area contributed by atoms with E-state index in [1.165, 1.54) is 16.5 Å². The Morgan fingerprint density at radius 3 is 2.72 bits per heavy atom. The van der Waals surface area contributed by atoms with Crippen molar-refractivity contribution in [2.24, 2.45) is 0 Å². The van der Waals surface area contributed by atoms with E-state index in [1.54, 1.807) is 0 Å². The molecule has 3 heterocycles. The third-order valence-corrected chi connectivity index (χ3v) is 4.77. The van der Waals surface area contributed by atoms with Crippen LogP contribution < -0.4 is 0 Å². The van der Waals surface area contributed by atoms with Gasteiger partial charge in [-0.3, -0.25) is 4.40 Å². The Kier molecular flexibility index (Phi) is 2.91. The van der Waals surface area contributed by atoms with Crippen molar-refractivity contribution in [2.45, 2.75) is 13.5 Å². The van der Waals surface area contributed by atoms with Crippen LogP contribution in [0.5, 0.6) is 0 Å². The molecule has 0 spiro atoms. The molecule has 0 unspecified atom stereocenters. The van der Waals surface area contributed by atoms with Crippen molar-refractivity contribution in [3.8, 4) is 0 Å². The second-order valence-corrected chi connectivity index (χ2v) is 6.93. The van der Waals surface area contributed by atoms with Crippen molar-refractivity contribution >= 4 is 33.0 Å². The van der Waals surface area contributed by atoms with Gasteiger partial charge in [-0.15, -0.1) is 10.2 Å². The lowest BCUT2D eigenvalue weighted by Gasteiger charge is -2.08. The molecule has 5 aromatic rings. The van der Waals surface area contributed by atoms with Crippen LogP contribution >= 0.6 is 0 Å². The Balaban J connectivity index is 2.14. The number of nitrogens with zero attached hydrogens (tertiary/aromatic N) is 5. The third kappa shape index (κ3) is 1.99. The zero-order valence-corrected chi connectivity index (χ0v) is 14.6. The molecule has 2 aromatic carbocycles. The number of para-hydroxylation sites is 1. The van der Waals surface area contributed by atoms with E-state index in [0.29, 0.717) is 0 Å². The van der Waals surface area contributed by atoms with Crippen LogP contribution in [0.2, 0.25) is 0 Å². The maximum atomic E-state index is 4.57. The molecule has 0 aliphatic rings. The van der Waals surface area contributed by atoms with Crippen LogP contribution in [0.25, 0.3) is 33.0 Å². The molecule has 0 atom stereocenters. The molecule has 0 saturated carbocycles. The molecule has 0 amide bonds. The van der Waals surface area contributed by atoms with Gasteiger partial charge in [-0.25, -0.2) is 0 Å². The predicted octanol–water partition coefficient (Wildman–Crippen LogP) is 3.66. The molecule has 0 bridgehead atoms. The minimum atomic E-state index is 0.741. The van der Waals surface area contributed by atoms with E-state index in [0.717, 1.165) is 34.4 Å². The van der Waals surface area contributed by atoms with Gasteiger partial charge in [-0.2, -0.15) is 0 Å². The van der Waals surface area contributed by atoms with Crippen LogP contribution in [-0.2, 0) is 6.54 Å². The van der Waals surface area contributed by atoms with Gasteiger partial charge in [-0.1, -0.05) is 18.2 Å². The maximum Gasteiger partial charge on any atom is 0.170 e. The second-order valence-electron chi connectivity index (χ2n) is 6.93. The Morgan fingerprint density at radius 2 is 1.88 bits per heavy atom. The average molecular weight is 329 g/mol. The highest BCUT2D eigenvalue weighted by molar-refractivity contribution is 6.05. The zero-order valence-electron chi connectivity index (χ0n) is 14.6. The summed E-state index contributed by atoms with van der Waals surface area (Å²) in [6.45, 7) is 2.87. The van der Waals surface area contributed by atoms with Gasteiger partial charge in [0.15, 0.2) is 11.5 Å². The molecular formula is C20H19N5. The monoisotopic (exact) mass is 329 g/mol. The van der Waals surface area contributed by atoms with E-state index >= 15 is 0 Å². The Morgan fingerprint density at radius 1 is 1.00 bits per heavy atom. The van der Waals surface area contributed by atoms with Crippen LogP contribution in [-0.4, -0.2) is 38.0 Å². The van der Waals surface area contributed by atoms with Crippen LogP contribution in [0.15, 0.2) is 48.7 Å². The lowest BCUT2D eigenvalue weighted by Crippen LogP contribution is -2.13. The van der Waals surface area contributed by atoms with E-state index in [2.05, 4.69) is 93.6 Å². The summed E-state index contributed by atoms with van der Waals surface area (Å²) in [5, 5.41) is 11.4. The molecule has 5 rings (SSSR count). The molecule has 0 aliphatic heterocycles. The van der Waals surface area contributed by atoms with Gasteiger partial charge in [-0.05, 0) is 50.8 Å². The van der Waals surface area contributed by atoms with Crippen LogP contribution in [0.1, 0.15) is 11.4 Å². The standard InChI is InChI=1S/C20H19N5/c1-13-7-8-16-17(11-13)25-18(12-23(2)3)21-22-20(25)15-6-4-5-14-9-10-24(16)19(14)15/h4-11H,12H2,1-3H3. The van der Waals surface area contributed by atoms with Crippen molar-refractivity contribution < 1.29 is 0 Å². The highest BCUT2D eigenvalue weighted by atomic mass is 15.3. The number of hydrogen-bond acceptors (Lipinski definition) is 3. The van der Waals surface area contributed by atoms with Gasteiger partial charge in [0.25, 0.3) is 0 Å². The normalized spacial score (nSPS) is 12.3. The van der Waals surface area contributed by atoms with Crippen LogP contribution in [0, 0.1) is 6.92 Å².